The van der Waals surface area contributed by atoms with Gasteiger partial charge in [0.1, 0.15) is 11.4 Å². The largest absolute Gasteiger partial charge is 0.497 e. The van der Waals surface area contributed by atoms with E-state index in [1.807, 2.05) is 30.3 Å². The number of ether oxygens (including phenoxy) is 1. The molecule has 4 atom stereocenters. The summed E-state index contributed by atoms with van der Waals surface area (Å²) < 4.78 is 5.27. The van der Waals surface area contributed by atoms with Crippen molar-refractivity contribution in [2.75, 3.05) is 7.11 Å². The van der Waals surface area contributed by atoms with Crippen molar-refractivity contribution in [3.63, 3.8) is 0 Å². The molecule has 0 amide bonds. The van der Waals surface area contributed by atoms with Crippen molar-refractivity contribution in [1.29, 1.82) is 0 Å². The van der Waals surface area contributed by atoms with Gasteiger partial charge in [-0.3, -0.25) is 0 Å². The Morgan fingerprint density at radius 3 is 2.26 bits per heavy atom. The molecule has 0 aromatic heterocycles. The first-order valence-electron chi connectivity index (χ1n) is 8.35. The van der Waals surface area contributed by atoms with E-state index in [1.54, 1.807) is 7.11 Å². The molecule has 0 unspecified atom stereocenters. The summed E-state index contributed by atoms with van der Waals surface area (Å²) in [7, 11) is 0.361. The van der Waals surface area contributed by atoms with Crippen LogP contribution in [0.2, 0.25) is 25.2 Å². The number of hydrogen-bond donors (Lipinski definition) is 1. The van der Waals surface area contributed by atoms with Crippen LogP contribution in [0.1, 0.15) is 22.6 Å². The van der Waals surface area contributed by atoms with Crippen LogP contribution in [0.15, 0.2) is 48.5 Å². The SMILES string of the molecule is COc1ccc([C@@]2(O)c3ccccc3[C@H]3[C@@H]2[C@@H]3[Si](C)(C)C)cc1. The molecular formula is C20H24O2Si. The van der Waals surface area contributed by atoms with Gasteiger partial charge in [0.15, 0.2) is 0 Å². The monoisotopic (exact) mass is 324 g/mol. The maximum absolute atomic E-state index is 11.8. The van der Waals surface area contributed by atoms with Crippen LogP contribution >= 0.6 is 0 Å². The van der Waals surface area contributed by atoms with Gasteiger partial charge in [0.2, 0.25) is 0 Å². The van der Waals surface area contributed by atoms with Crippen LogP contribution in [-0.4, -0.2) is 20.3 Å². The summed E-state index contributed by atoms with van der Waals surface area (Å²) in [6, 6.07) is 16.4. The van der Waals surface area contributed by atoms with E-state index in [1.165, 1.54) is 5.56 Å². The van der Waals surface area contributed by atoms with Crippen molar-refractivity contribution in [1.82, 2.24) is 0 Å². The lowest BCUT2D eigenvalue weighted by atomic mass is 9.84. The van der Waals surface area contributed by atoms with Gasteiger partial charge in [0.25, 0.3) is 0 Å². The number of aliphatic hydroxyl groups is 1. The van der Waals surface area contributed by atoms with Crippen molar-refractivity contribution in [2.45, 2.75) is 36.7 Å². The van der Waals surface area contributed by atoms with Gasteiger partial charge in [-0.1, -0.05) is 56.0 Å². The number of methoxy groups -OCH3 is 1. The van der Waals surface area contributed by atoms with Crippen LogP contribution < -0.4 is 4.74 Å². The van der Waals surface area contributed by atoms with Crippen LogP contribution in [-0.2, 0) is 5.60 Å². The molecule has 0 radical (unpaired) electrons. The fourth-order valence-corrected chi connectivity index (χ4v) is 7.68. The first kappa shape index (κ1) is 15.0. The van der Waals surface area contributed by atoms with E-state index in [0.29, 0.717) is 17.4 Å². The average molecular weight is 324 g/mol. The topological polar surface area (TPSA) is 29.5 Å². The van der Waals surface area contributed by atoms with Gasteiger partial charge in [0, 0.05) is 14.0 Å². The minimum atomic E-state index is -1.31. The third-order valence-electron chi connectivity index (χ3n) is 5.76. The van der Waals surface area contributed by atoms with Crippen molar-refractivity contribution in [3.8, 4) is 5.75 Å². The second kappa shape index (κ2) is 4.71. The van der Waals surface area contributed by atoms with Crippen LogP contribution in [0.25, 0.3) is 0 Å². The minimum absolute atomic E-state index is 0.333. The number of benzene rings is 2. The first-order chi connectivity index (χ1) is 10.9. The lowest BCUT2D eigenvalue weighted by Gasteiger charge is -2.32. The smallest absolute Gasteiger partial charge is 0.118 e. The van der Waals surface area contributed by atoms with Crippen LogP contribution in [0.5, 0.6) is 5.75 Å². The highest BCUT2D eigenvalue weighted by Crippen LogP contribution is 2.76. The van der Waals surface area contributed by atoms with Crippen LogP contribution in [0, 0.1) is 5.92 Å². The molecule has 1 saturated carbocycles. The predicted molar refractivity (Wildman–Crippen MR) is 95.8 cm³/mol. The number of rotatable bonds is 3. The van der Waals surface area contributed by atoms with E-state index in [-0.39, 0.29) is 0 Å². The second-order valence-corrected chi connectivity index (χ2v) is 13.4. The highest BCUT2D eigenvalue weighted by Gasteiger charge is 2.70. The van der Waals surface area contributed by atoms with Gasteiger partial charge >= 0.3 is 0 Å². The third kappa shape index (κ3) is 1.96. The van der Waals surface area contributed by atoms with E-state index < -0.39 is 13.7 Å². The molecule has 2 aromatic rings. The summed E-state index contributed by atoms with van der Waals surface area (Å²) in [4.78, 5) is 0. The summed E-state index contributed by atoms with van der Waals surface area (Å²) >= 11 is 0. The van der Waals surface area contributed by atoms with Gasteiger partial charge < -0.3 is 9.84 Å². The third-order valence-corrected chi connectivity index (χ3v) is 8.48. The van der Waals surface area contributed by atoms with E-state index in [9.17, 15) is 5.11 Å². The van der Waals surface area contributed by atoms with Gasteiger partial charge in [-0.05, 0) is 40.3 Å². The predicted octanol–water partition coefficient (Wildman–Crippen LogP) is 4.37. The molecule has 1 fully saturated rings. The minimum Gasteiger partial charge on any atom is -0.497 e. The molecule has 23 heavy (non-hydrogen) atoms. The molecule has 3 heteroatoms. The molecule has 0 spiro atoms. The van der Waals surface area contributed by atoms with Gasteiger partial charge in [-0.25, -0.2) is 0 Å². The van der Waals surface area contributed by atoms with Crippen LogP contribution in [0.3, 0.4) is 0 Å². The summed E-state index contributed by atoms with van der Waals surface area (Å²) in [5, 5.41) is 11.8. The van der Waals surface area contributed by atoms with E-state index in [0.717, 1.165) is 16.9 Å². The molecule has 1 N–H and O–H groups in total. The Bertz CT molecular complexity index is 747. The zero-order valence-electron chi connectivity index (χ0n) is 14.2. The normalized spacial score (nSPS) is 31.4. The Kier molecular flexibility index (Phi) is 3.07. The average Bonchev–Trinajstić information content (AvgIpc) is 3.25. The molecule has 0 saturated heterocycles. The molecule has 120 valence electrons. The molecule has 2 aliphatic carbocycles. The zero-order valence-corrected chi connectivity index (χ0v) is 15.2. The van der Waals surface area contributed by atoms with E-state index in [2.05, 4.69) is 37.8 Å². The lowest BCUT2D eigenvalue weighted by molar-refractivity contribution is 0.0623. The first-order valence-corrected chi connectivity index (χ1v) is 11.9. The fraction of sp³-hybridized carbons (Fsp3) is 0.400. The summed E-state index contributed by atoms with van der Waals surface area (Å²) in [5.74, 6) is 1.70. The van der Waals surface area contributed by atoms with Crippen molar-refractivity contribution < 1.29 is 9.84 Å². The fourth-order valence-electron chi connectivity index (χ4n) is 4.80. The van der Waals surface area contributed by atoms with Crippen molar-refractivity contribution in [2.24, 2.45) is 5.92 Å². The standard InChI is InChI=1S/C20H24O2Si/c1-22-14-11-9-13(10-12-14)20(21)16-8-6-5-7-15(16)17-18(20)19(17)23(2,3)4/h5-12,17-19,21H,1-4H3/t17-,18+,19+,20+/m0/s1. The Morgan fingerprint density at radius 1 is 1.00 bits per heavy atom. The Labute approximate surface area is 139 Å². The molecule has 4 rings (SSSR count). The number of fused-ring (bicyclic) bond motifs is 3. The molecule has 0 bridgehead atoms. The molecular weight excluding hydrogens is 300 g/mol. The maximum Gasteiger partial charge on any atom is 0.118 e. The van der Waals surface area contributed by atoms with Crippen molar-refractivity contribution in [3.05, 3.63) is 65.2 Å². The Hall–Kier alpha value is -1.58. The van der Waals surface area contributed by atoms with E-state index >= 15 is 0 Å². The maximum atomic E-state index is 11.8. The van der Waals surface area contributed by atoms with Gasteiger partial charge in [-0.2, -0.15) is 0 Å². The number of hydrogen-bond acceptors (Lipinski definition) is 2. The summed E-state index contributed by atoms with van der Waals surface area (Å²) in [6.45, 7) is 7.27. The molecule has 0 aliphatic heterocycles. The lowest BCUT2D eigenvalue weighted by Crippen LogP contribution is -2.33. The molecule has 2 aromatic carbocycles. The quantitative estimate of drug-likeness (QED) is 0.850. The molecule has 2 aliphatic rings. The highest BCUT2D eigenvalue weighted by atomic mass is 28.3. The Morgan fingerprint density at radius 2 is 1.65 bits per heavy atom. The van der Waals surface area contributed by atoms with Crippen LogP contribution in [0.4, 0.5) is 0 Å². The van der Waals surface area contributed by atoms with Gasteiger partial charge in [-0.15, -0.1) is 0 Å². The highest BCUT2D eigenvalue weighted by molar-refractivity contribution is 6.78. The zero-order chi connectivity index (χ0) is 16.4. The summed E-state index contributed by atoms with van der Waals surface area (Å²) in [6.07, 6.45) is 0. The van der Waals surface area contributed by atoms with Crippen molar-refractivity contribution >= 4 is 8.07 Å². The Balaban J connectivity index is 1.85. The molecule has 0 heterocycles. The summed E-state index contributed by atoms with van der Waals surface area (Å²) in [5.41, 5.74) is 3.28. The molecule has 2 nitrogen and oxygen atoms in total. The van der Waals surface area contributed by atoms with E-state index in [4.69, 9.17) is 4.74 Å². The van der Waals surface area contributed by atoms with Gasteiger partial charge in [0.05, 0.1) is 7.11 Å². The second-order valence-electron chi connectivity index (χ2n) is 8.03.